The van der Waals surface area contributed by atoms with E-state index < -0.39 is 0 Å². The van der Waals surface area contributed by atoms with Crippen LogP contribution in [0.5, 0.6) is 0 Å². The molecule has 0 spiro atoms. The Morgan fingerprint density at radius 1 is 1.41 bits per heavy atom. The first-order valence-electron chi connectivity index (χ1n) is 6.88. The van der Waals surface area contributed by atoms with Crippen LogP contribution >= 0.6 is 0 Å². The van der Waals surface area contributed by atoms with Crippen molar-refractivity contribution in [2.45, 2.75) is 59.2 Å². The molecule has 1 saturated heterocycles. The summed E-state index contributed by atoms with van der Waals surface area (Å²) < 4.78 is 5.40. The molecule has 1 aliphatic heterocycles. The molecule has 1 rings (SSSR count). The average molecular weight is 242 g/mol. The Kier molecular flexibility index (Phi) is 5.42. The molecular weight excluding hydrogens is 212 g/mol. The monoisotopic (exact) mass is 242 g/mol. The van der Waals surface area contributed by atoms with Gasteiger partial charge in [0.2, 0.25) is 0 Å². The average Bonchev–Trinajstić information content (AvgIpc) is 2.27. The number of nitrogens with zero attached hydrogens (tertiary/aromatic N) is 1. The van der Waals surface area contributed by atoms with Crippen LogP contribution in [0.1, 0.15) is 41.0 Å². The van der Waals surface area contributed by atoms with Gasteiger partial charge in [0.15, 0.2) is 0 Å². The van der Waals surface area contributed by atoms with Crippen LogP contribution in [0.15, 0.2) is 0 Å². The number of nitrogens with one attached hydrogen (secondary N) is 1. The van der Waals surface area contributed by atoms with Crippen LogP contribution < -0.4 is 5.32 Å². The molecule has 0 aliphatic carbocycles. The van der Waals surface area contributed by atoms with Crippen LogP contribution in [0.2, 0.25) is 0 Å². The summed E-state index contributed by atoms with van der Waals surface area (Å²) in [6.07, 6.45) is 1.53. The Bertz CT molecular complexity index is 225. The standard InChI is InChI=1S/C14H30N2O/c1-7-12-8-15-13(14(3,4)5)10-16(12)9-11(2)17-6/h11-13,15H,7-10H2,1-6H3. The number of hydrogen-bond acceptors (Lipinski definition) is 3. The lowest BCUT2D eigenvalue weighted by Crippen LogP contribution is -2.61. The Balaban J connectivity index is 2.62. The summed E-state index contributed by atoms with van der Waals surface area (Å²) in [5.74, 6) is 0. The van der Waals surface area contributed by atoms with E-state index in [-0.39, 0.29) is 0 Å². The minimum absolute atomic E-state index is 0.322. The zero-order chi connectivity index (χ0) is 13.1. The maximum absolute atomic E-state index is 5.40. The van der Waals surface area contributed by atoms with Gasteiger partial charge in [-0.1, -0.05) is 27.7 Å². The molecule has 1 N–H and O–H groups in total. The molecule has 3 heteroatoms. The number of methoxy groups -OCH3 is 1. The minimum Gasteiger partial charge on any atom is -0.380 e. The highest BCUT2D eigenvalue weighted by atomic mass is 16.5. The van der Waals surface area contributed by atoms with E-state index in [2.05, 4.69) is 44.8 Å². The topological polar surface area (TPSA) is 24.5 Å². The summed E-state index contributed by atoms with van der Waals surface area (Å²) in [4.78, 5) is 2.60. The Hall–Kier alpha value is -0.120. The molecule has 0 amide bonds. The Morgan fingerprint density at radius 3 is 2.53 bits per heavy atom. The van der Waals surface area contributed by atoms with Crippen molar-refractivity contribution in [3.63, 3.8) is 0 Å². The van der Waals surface area contributed by atoms with Gasteiger partial charge in [0.05, 0.1) is 6.10 Å². The molecule has 0 saturated carbocycles. The molecule has 3 nitrogen and oxygen atoms in total. The molecule has 102 valence electrons. The maximum atomic E-state index is 5.40. The van der Waals surface area contributed by atoms with Gasteiger partial charge in [-0.25, -0.2) is 0 Å². The lowest BCUT2D eigenvalue weighted by Gasteiger charge is -2.45. The lowest BCUT2D eigenvalue weighted by molar-refractivity contribution is 0.0251. The van der Waals surface area contributed by atoms with Gasteiger partial charge in [0.25, 0.3) is 0 Å². The second-order valence-electron chi connectivity index (χ2n) is 6.39. The van der Waals surface area contributed by atoms with Gasteiger partial charge in [-0.3, -0.25) is 4.90 Å². The van der Waals surface area contributed by atoms with E-state index in [1.807, 2.05) is 0 Å². The molecule has 0 aromatic heterocycles. The molecule has 1 aliphatic rings. The quantitative estimate of drug-likeness (QED) is 0.817. The van der Waals surface area contributed by atoms with Gasteiger partial charge in [-0.2, -0.15) is 0 Å². The van der Waals surface area contributed by atoms with E-state index in [9.17, 15) is 0 Å². The fraction of sp³-hybridized carbons (Fsp3) is 1.00. The van der Waals surface area contributed by atoms with Gasteiger partial charge in [-0.05, 0) is 18.8 Å². The van der Waals surface area contributed by atoms with E-state index in [1.165, 1.54) is 6.42 Å². The molecule has 17 heavy (non-hydrogen) atoms. The van der Waals surface area contributed by atoms with Crippen LogP contribution in [0.3, 0.4) is 0 Å². The van der Waals surface area contributed by atoms with Crippen LogP contribution in [0.25, 0.3) is 0 Å². The Morgan fingerprint density at radius 2 is 2.06 bits per heavy atom. The van der Waals surface area contributed by atoms with Crippen LogP contribution in [0.4, 0.5) is 0 Å². The van der Waals surface area contributed by atoms with E-state index in [1.54, 1.807) is 7.11 Å². The zero-order valence-corrected chi connectivity index (χ0v) is 12.4. The van der Waals surface area contributed by atoms with Crippen LogP contribution in [0, 0.1) is 5.41 Å². The molecule has 0 aromatic carbocycles. The van der Waals surface area contributed by atoms with Crippen molar-refractivity contribution in [1.29, 1.82) is 0 Å². The van der Waals surface area contributed by atoms with Gasteiger partial charge >= 0.3 is 0 Å². The fourth-order valence-electron chi connectivity index (χ4n) is 2.47. The van der Waals surface area contributed by atoms with Crippen molar-refractivity contribution in [2.24, 2.45) is 5.41 Å². The van der Waals surface area contributed by atoms with Crippen LogP contribution in [-0.4, -0.2) is 49.8 Å². The normalized spacial score (nSPS) is 29.3. The predicted molar refractivity (Wildman–Crippen MR) is 73.4 cm³/mol. The third kappa shape index (κ3) is 4.23. The molecule has 0 radical (unpaired) electrons. The molecule has 3 atom stereocenters. The van der Waals surface area contributed by atoms with E-state index >= 15 is 0 Å². The summed E-state index contributed by atoms with van der Waals surface area (Å²) in [6.45, 7) is 14.7. The predicted octanol–water partition coefficient (Wildman–Crippen LogP) is 2.12. The lowest BCUT2D eigenvalue weighted by atomic mass is 9.84. The SMILES string of the molecule is CCC1CNC(C(C)(C)C)CN1CC(C)OC. The second kappa shape index (κ2) is 6.17. The highest BCUT2D eigenvalue weighted by Crippen LogP contribution is 2.24. The molecular formula is C14H30N2O. The molecule has 3 unspecified atom stereocenters. The van der Waals surface area contributed by atoms with Gasteiger partial charge in [-0.15, -0.1) is 0 Å². The summed E-state index contributed by atoms with van der Waals surface area (Å²) >= 11 is 0. The molecule has 1 fully saturated rings. The van der Waals surface area contributed by atoms with Crippen molar-refractivity contribution in [3.8, 4) is 0 Å². The summed E-state index contributed by atoms with van der Waals surface area (Å²) in [5, 5.41) is 3.70. The first kappa shape index (κ1) is 14.9. The highest BCUT2D eigenvalue weighted by molar-refractivity contribution is 4.91. The first-order chi connectivity index (χ1) is 7.88. The smallest absolute Gasteiger partial charge is 0.0670 e. The molecule has 0 aromatic rings. The van der Waals surface area contributed by atoms with Crippen molar-refractivity contribution in [3.05, 3.63) is 0 Å². The van der Waals surface area contributed by atoms with Gasteiger partial charge < -0.3 is 10.1 Å². The van der Waals surface area contributed by atoms with E-state index in [4.69, 9.17) is 4.74 Å². The summed E-state index contributed by atoms with van der Waals surface area (Å²) in [7, 11) is 1.80. The highest BCUT2D eigenvalue weighted by Gasteiger charge is 2.33. The summed E-state index contributed by atoms with van der Waals surface area (Å²) in [5.41, 5.74) is 0.327. The number of hydrogen-bond donors (Lipinski definition) is 1. The fourth-order valence-corrected chi connectivity index (χ4v) is 2.47. The van der Waals surface area contributed by atoms with E-state index in [0.717, 1.165) is 19.6 Å². The number of rotatable bonds is 4. The number of piperazine rings is 1. The van der Waals surface area contributed by atoms with Gasteiger partial charge in [0.1, 0.15) is 0 Å². The minimum atomic E-state index is 0.322. The number of ether oxygens (including phenoxy) is 1. The zero-order valence-electron chi connectivity index (χ0n) is 12.4. The third-order valence-corrected chi connectivity index (χ3v) is 3.94. The van der Waals surface area contributed by atoms with Crippen molar-refractivity contribution >= 4 is 0 Å². The molecule has 1 heterocycles. The maximum Gasteiger partial charge on any atom is 0.0670 e. The largest absolute Gasteiger partial charge is 0.380 e. The van der Waals surface area contributed by atoms with E-state index in [0.29, 0.717) is 23.6 Å². The van der Waals surface area contributed by atoms with Crippen LogP contribution in [-0.2, 0) is 4.74 Å². The Labute approximate surface area is 107 Å². The van der Waals surface area contributed by atoms with Crippen molar-refractivity contribution in [1.82, 2.24) is 10.2 Å². The van der Waals surface area contributed by atoms with Crippen molar-refractivity contribution < 1.29 is 4.74 Å². The summed E-state index contributed by atoms with van der Waals surface area (Å²) in [6, 6.07) is 1.24. The molecule has 0 bridgehead atoms. The second-order valence-corrected chi connectivity index (χ2v) is 6.39. The third-order valence-electron chi connectivity index (χ3n) is 3.94. The first-order valence-corrected chi connectivity index (χ1v) is 6.88. The van der Waals surface area contributed by atoms with Crippen molar-refractivity contribution in [2.75, 3.05) is 26.7 Å². The van der Waals surface area contributed by atoms with Gasteiger partial charge in [0, 0.05) is 38.8 Å².